The van der Waals surface area contributed by atoms with Crippen molar-refractivity contribution in [3.63, 3.8) is 0 Å². The van der Waals surface area contributed by atoms with Crippen LogP contribution in [0.3, 0.4) is 0 Å². The highest BCUT2D eigenvalue weighted by atomic mass is 16.5. The average molecular weight is 210 g/mol. The summed E-state index contributed by atoms with van der Waals surface area (Å²) < 4.78 is 5.21. The smallest absolute Gasteiger partial charge is 0.227 e. The Balaban J connectivity index is 1.88. The Kier molecular flexibility index (Phi) is 3.33. The van der Waals surface area contributed by atoms with E-state index < -0.39 is 0 Å². The van der Waals surface area contributed by atoms with Crippen LogP contribution in [0.4, 0.5) is 0 Å². The molecule has 1 aromatic rings. The van der Waals surface area contributed by atoms with Crippen LogP contribution in [0.15, 0.2) is 4.52 Å². The van der Waals surface area contributed by atoms with Crippen molar-refractivity contribution in [1.82, 2.24) is 20.4 Å². The first-order valence-electron chi connectivity index (χ1n) is 5.41. The predicted octanol–water partition coefficient (Wildman–Crippen LogP) is 0.283. The second-order valence-corrected chi connectivity index (χ2v) is 4.41. The van der Waals surface area contributed by atoms with Gasteiger partial charge in [-0.05, 0) is 39.5 Å². The molecule has 0 radical (unpaired) electrons. The zero-order valence-electron chi connectivity index (χ0n) is 9.36. The van der Waals surface area contributed by atoms with Crippen molar-refractivity contribution < 1.29 is 4.52 Å². The first-order valence-corrected chi connectivity index (χ1v) is 5.41. The highest BCUT2D eigenvalue weighted by Gasteiger charge is 2.18. The molecule has 15 heavy (non-hydrogen) atoms. The van der Waals surface area contributed by atoms with Crippen molar-refractivity contribution in [3.8, 4) is 0 Å². The Bertz CT molecular complexity index is 304. The molecule has 1 N–H and O–H groups in total. The normalized spacial score (nSPS) is 21.4. The Morgan fingerprint density at radius 3 is 3.07 bits per heavy atom. The van der Waals surface area contributed by atoms with Crippen LogP contribution < -0.4 is 5.32 Å². The number of nitrogens with one attached hydrogen (secondary N) is 1. The van der Waals surface area contributed by atoms with Crippen molar-refractivity contribution in [3.05, 3.63) is 11.7 Å². The molecule has 1 aromatic heterocycles. The largest absolute Gasteiger partial charge is 0.339 e. The van der Waals surface area contributed by atoms with Crippen LogP contribution in [0.5, 0.6) is 0 Å². The minimum atomic E-state index is 0.664. The molecule has 5 nitrogen and oxygen atoms in total. The van der Waals surface area contributed by atoms with Gasteiger partial charge in [0.1, 0.15) is 0 Å². The zero-order chi connectivity index (χ0) is 10.7. The molecular weight excluding hydrogens is 192 g/mol. The molecule has 0 aliphatic carbocycles. The van der Waals surface area contributed by atoms with Crippen LogP contribution in [0, 0.1) is 5.92 Å². The highest BCUT2D eigenvalue weighted by Crippen LogP contribution is 2.13. The first kappa shape index (κ1) is 10.6. The lowest BCUT2D eigenvalue weighted by Gasteiger charge is -2.03. The van der Waals surface area contributed by atoms with E-state index in [2.05, 4.69) is 15.5 Å². The maximum Gasteiger partial charge on any atom is 0.227 e. The summed E-state index contributed by atoms with van der Waals surface area (Å²) in [6, 6.07) is 0. The van der Waals surface area contributed by atoms with Crippen molar-refractivity contribution in [1.29, 1.82) is 0 Å². The molecule has 0 spiro atoms. The number of nitrogens with zero attached hydrogens (tertiary/aromatic N) is 3. The zero-order valence-corrected chi connectivity index (χ0v) is 9.36. The fourth-order valence-corrected chi connectivity index (χ4v) is 1.86. The van der Waals surface area contributed by atoms with Gasteiger partial charge in [-0.1, -0.05) is 5.16 Å². The summed E-state index contributed by atoms with van der Waals surface area (Å²) in [6.45, 7) is 2.93. The summed E-state index contributed by atoms with van der Waals surface area (Å²) in [5.74, 6) is 2.22. The van der Waals surface area contributed by atoms with Gasteiger partial charge in [0, 0.05) is 6.42 Å². The molecular formula is C10H18N4O. The Hall–Kier alpha value is -0.940. The van der Waals surface area contributed by atoms with E-state index in [1.807, 2.05) is 19.0 Å². The molecule has 1 atom stereocenters. The van der Waals surface area contributed by atoms with Crippen LogP contribution >= 0.6 is 0 Å². The van der Waals surface area contributed by atoms with E-state index in [9.17, 15) is 0 Å². The standard InChI is InChI=1S/C10H18N4O/c1-14(2)7-9-12-10(15-13-9)5-8-3-4-11-6-8/h8,11H,3-7H2,1-2H3. The third-order valence-electron chi connectivity index (χ3n) is 2.59. The molecule has 84 valence electrons. The van der Waals surface area contributed by atoms with Gasteiger partial charge >= 0.3 is 0 Å². The van der Waals surface area contributed by atoms with Gasteiger partial charge in [0.05, 0.1) is 6.54 Å². The minimum Gasteiger partial charge on any atom is -0.339 e. The molecule has 1 fully saturated rings. The Morgan fingerprint density at radius 1 is 1.53 bits per heavy atom. The summed E-state index contributed by atoms with van der Waals surface area (Å²) in [7, 11) is 3.99. The third kappa shape index (κ3) is 3.00. The number of aromatic nitrogens is 2. The quantitative estimate of drug-likeness (QED) is 0.773. The van der Waals surface area contributed by atoms with Gasteiger partial charge in [0.15, 0.2) is 5.82 Å². The van der Waals surface area contributed by atoms with E-state index in [1.165, 1.54) is 6.42 Å². The van der Waals surface area contributed by atoms with Crippen LogP contribution in [-0.4, -0.2) is 42.2 Å². The molecule has 5 heteroatoms. The molecule has 0 bridgehead atoms. The minimum absolute atomic E-state index is 0.664. The topological polar surface area (TPSA) is 54.2 Å². The monoisotopic (exact) mass is 210 g/mol. The van der Waals surface area contributed by atoms with Crippen LogP contribution in [0.25, 0.3) is 0 Å². The molecule has 2 heterocycles. The van der Waals surface area contributed by atoms with Gasteiger partial charge in [0.25, 0.3) is 0 Å². The Morgan fingerprint density at radius 2 is 2.40 bits per heavy atom. The van der Waals surface area contributed by atoms with Gasteiger partial charge in [-0.15, -0.1) is 0 Å². The van der Waals surface area contributed by atoms with Crippen molar-refractivity contribution >= 4 is 0 Å². The molecule has 1 aliphatic rings. The summed E-state index contributed by atoms with van der Waals surface area (Å²) in [4.78, 5) is 6.40. The summed E-state index contributed by atoms with van der Waals surface area (Å²) >= 11 is 0. The van der Waals surface area contributed by atoms with Crippen molar-refractivity contribution in [2.45, 2.75) is 19.4 Å². The molecule has 0 saturated carbocycles. The Labute approximate surface area is 89.8 Å². The highest BCUT2D eigenvalue weighted by molar-refractivity contribution is 4.89. The molecule has 0 amide bonds. The van der Waals surface area contributed by atoms with Crippen LogP contribution in [0.2, 0.25) is 0 Å². The molecule has 1 unspecified atom stereocenters. The van der Waals surface area contributed by atoms with Crippen LogP contribution in [-0.2, 0) is 13.0 Å². The lowest BCUT2D eigenvalue weighted by molar-refractivity contribution is 0.339. The molecule has 1 saturated heterocycles. The molecule has 2 rings (SSSR count). The van der Waals surface area contributed by atoms with Gasteiger partial charge in [0.2, 0.25) is 5.89 Å². The lowest BCUT2D eigenvalue weighted by Crippen LogP contribution is -2.12. The number of rotatable bonds is 4. The van der Waals surface area contributed by atoms with Crippen molar-refractivity contribution in [2.24, 2.45) is 5.92 Å². The summed E-state index contributed by atoms with van der Waals surface area (Å²) in [5.41, 5.74) is 0. The van der Waals surface area contributed by atoms with E-state index in [1.54, 1.807) is 0 Å². The number of hydrogen-bond acceptors (Lipinski definition) is 5. The average Bonchev–Trinajstić information content (AvgIpc) is 2.77. The first-order chi connectivity index (χ1) is 7.24. The lowest BCUT2D eigenvalue weighted by atomic mass is 10.1. The fraction of sp³-hybridized carbons (Fsp3) is 0.800. The number of hydrogen-bond donors (Lipinski definition) is 1. The second-order valence-electron chi connectivity index (χ2n) is 4.41. The van der Waals surface area contributed by atoms with Crippen LogP contribution in [0.1, 0.15) is 18.1 Å². The SMILES string of the molecule is CN(C)Cc1noc(CC2CCNC2)n1. The van der Waals surface area contributed by atoms with Gasteiger partial charge < -0.3 is 14.7 Å². The van der Waals surface area contributed by atoms with E-state index in [-0.39, 0.29) is 0 Å². The van der Waals surface area contributed by atoms with Gasteiger partial charge in [-0.2, -0.15) is 4.98 Å². The van der Waals surface area contributed by atoms with E-state index in [0.717, 1.165) is 37.8 Å². The van der Waals surface area contributed by atoms with E-state index >= 15 is 0 Å². The maximum absolute atomic E-state index is 5.21. The summed E-state index contributed by atoms with van der Waals surface area (Å²) in [6.07, 6.45) is 2.12. The van der Waals surface area contributed by atoms with Gasteiger partial charge in [-0.25, -0.2) is 0 Å². The third-order valence-corrected chi connectivity index (χ3v) is 2.59. The maximum atomic E-state index is 5.21. The second kappa shape index (κ2) is 4.72. The predicted molar refractivity (Wildman–Crippen MR) is 56.4 cm³/mol. The van der Waals surface area contributed by atoms with Gasteiger partial charge in [-0.3, -0.25) is 0 Å². The molecule has 0 aromatic carbocycles. The van der Waals surface area contributed by atoms with E-state index in [0.29, 0.717) is 5.92 Å². The molecule has 1 aliphatic heterocycles. The van der Waals surface area contributed by atoms with Crippen molar-refractivity contribution in [2.75, 3.05) is 27.2 Å². The summed E-state index contributed by atoms with van der Waals surface area (Å²) in [5, 5.41) is 7.28. The fourth-order valence-electron chi connectivity index (χ4n) is 1.86. The van der Waals surface area contributed by atoms with E-state index in [4.69, 9.17) is 4.52 Å².